The molecule has 0 saturated carbocycles. The molecule has 2 aromatic carbocycles. The van der Waals surface area contributed by atoms with Crippen LogP contribution in [-0.2, 0) is 29.0 Å². The number of carbonyl (C=O) groups is 2. The van der Waals surface area contributed by atoms with Crippen LogP contribution in [0, 0.1) is 5.92 Å². The standard InChI is InChI=1S/C26H32N2O4/c1-2-8-21(26(32)27-23(17-29)13-19-9-4-3-5-10-19)15-25(31)28-16-22-12-7-6-11-20(22)14-24(28)18-30/h2-7,9-12,21,23-24,29-30H,1,8,13-18H2,(H,27,32)/t21-,23-,24+/m1/s1. The fraction of sp³-hybridized carbons (Fsp3) is 0.385. The zero-order valence-electron chi connectivity index (χ0n) is 18.3. The van der Waals surface area contributed by atoms with Gasteiger partial charge in [0.15, 0.2) is 0 Å². The zero-order valence-corrected chi connectivity index (χ0v) is 18.3. The third-order valence-electron chi connectivity index (χ3n) is 6.02. The molecule has 6 heteroatoms. The number of fused-ring (bicyclic) bond motifs is 1. The number of benzene rings is 2. The van der Waals surface area contributed by atoms with Crippen molar-refractivity contribution in [1.29, 1.82) is 0 Å². The molecule has 2 aromatic rings. The van der Waals surface area contributed by atoms with Crippen LogP contribution in [0.3, 0.4) is 0 Å². The summed E-state index contributed by atoms with van der Waals surface area (Å²) in [6, 6.07) is 16.8. The maximum Gasteiger partial charge on any atom is 0.224 e. The van der Waals surface area contributed by atoms with Gasteiger partial charge >= 0.3 is 0 Å². The fourth-order valence-electron chi connectivity index (χ4n) is 4.23. The summed E-state index contributed by atoms with van der Waals surface area (Å²) in [6.45, 7) is 3.85. The summed E-state index contributed by atoms with van der Waals surface area (Å²) in [5.41, 5.74) is 3.22. The summed E-state index contributed by atoms with van der Waals surface area (Å²) in [4.78, 5) is 27.8. The number of aliphatic hydroxyl groups is 2. The summed E-state index contributed by atoms with van der Waals surface area (Å²) in [7, 11) is 0. The van der Waals surface area contributed by atoms with E-state index in [0.29, 0.717) is 25.8 Å². The molecule has 3 rings (SSSR count). The van der Waals surface area contributed by atoms with E-state index in [1.54, 1.807) is 11.0 Å². The lowest BCUT2D eigenvalue weighted by Gasteiger charge is -2.36. The third kappa shape index (κ3) is 6.05. The van der Waals surface area contributed by atoms with Gasteiger partial charge in [-0.25, -0.2) is 0 Å². The Morgan fingerprint density at radius 3 is 2.44 bits per heavy atom. The van der Waals surface area contributed by atoms with Crippen molar-refractivity contribution in [3.05, 3.63) is 83.9 Å². The highest BCUT2D eigenvalue weighted by molar-refractivity contribution is 5.86. The van der Waals surface area contributed by atoms with Crippen LogP contribution >= 0.6 is 0 Å². The highest BCUT2D eigenvalue weighted by Gasteiger charge is 2.32. The Kier molecular flexibility index (Phi) is 8.59. The molecule has 0 bridgehead atoms. The van der Waals surface area contributed by atoms with Gasteiger partial charge in [-0.3, -0.25) is 9.59 Å². The number of hydrogen-bond donors (Lipinski definition) is 3. The fourth-order valence-corrected chi connectivity index (χ4v) is 4.23. The number of nitrogens with zero attached hydrogens (tertiary/aromatic N) is 1. The van der Waals surface area contributed by atoms with Gasteiger partial charge in [-0.1, -0.05) is 60.7 Å². The number of hydrogen-bond acceptors (Lipinski definition) is 4. The molecule has 32 heavy (non-hydrogen) atoms. The second-order valence-electron chi connectivity index (χ2n) is 8.33. The van der Waals surface area contributed by atoms with Crippen LogP contribution in [0.2, 0.25) is 0 Å². The van der Waals surface area contributed by atoms with Gasteiger partial charge in [0.1, 0.15) is 0 Å². The first-order chi connectivity index (χ1) is 15.5. The molecular formula is C26H32N2O4. The van der Waals surface area contributed by atoms with E-state index in [-0.39, 0.29) is 37.5 Å². The second kappa shape index (κ2) is 11.6. The predicted molar refractivity (Wildman–Crippen MR) is 124 cm³/mol. The highest BCUT2D eigenvalue weighted by atomic mass is 16.3. The lowest BCUT2D eigenvalue weighted by Crippen LogP contribution is -2.48. The van der Waals surface area contributed by atoms with Crippen molar-refractivity contribution in [2.24, 2.45) is 5.92 Å². The molecule has 6 nitrogen and oxygen atoms in total. The predicted octanol–water partition coefficient (Wildman–Crippen LogP) is 2.23. The van der Waals surface area contributed by atoms with Crippen molar-refractivity contribution in [1.82, 2.24) is 10.2 Å². The van der Waals surface area contributed by atoms with Gasteiger partial charge in [-0.05, 0) is 36.0 Å². The summed E-state index contributed by atoms with van der Waals surface area (Å²) >= 11 is 0. The first-order valence-corrected chi connectivity index (χ1v) is 11.1. The molecule has 2 amide bonds. The second-order valence-corrected chi connectivity index (χ2v) is 8.33. The van der Waals surface area contributed by atoms with E-state index in [1.807, 2.05) is 54.6 Å². The smallest absolute Gasteiger partial charge is 0.224 e. The molecule has 1 aliphatic heterocycles. The molecule has 3 atom stereocenters. The van der Waals surface area contributed by atoms with Gasteiger partial charge < -0.3 is 20.4 Å². The minimum Gasteiger partial charge on any atom is -0.394 e. The van der Waals surface area contributed by atoms with Crippen LogP contribution in [0.15, 0.2) is 67.3 Å². The molecule has 0 fully saturated rings. The molecule has 0 radical (unpaired) electrons. The van der Waals surface area contributed by atoms with Crippen molar-refractivity contribution < 1.29 is 19.8 Å². The van der Waals surface area contributed by atoms with Gasteiger partial charge in [-0.2, -0.15) is 0 Å². The number of nitrogens with one attached hydrogen (secondary N) is 1. The average molecular weight is 437 g/mol. The summed E-state index contributed by atoms with van der Waals surface area (Å²) in [6.07, 6.45) is 3.13. The van der Waals surface area contributed by atoms with E-state index in [0.717, 1.165) is 16.7 Å². The summed E-state index contributed by atoms with van der Waals surface area (Å²) in [5, 5.41) is 22.5. The molecule has 0 unspecified atom stereocenters. The Morgan fingerprint density at radius 2 is 1.78 bits per heavy atom. The van der Waals surface area contributed by atoms with Gasteiger partial charge in [0.25, 0.3) is 0 Å². The minimum absolute atomic E-state index is 0.0278. The SMILES string of the molecule is C=CC[C@H](CC(=O)N1Cc2ccccc2C[C@H]1CO)C(=O)N[C@@H](CO)Cc1ccccc1. The van der Waals surface area contributed by atoms with Gasteiger partial charge in [0.05, 0.1) is 31.2 Å². The maximum absolute atomic E-state index is 13.2. The summed E-state index contributed by atoms with van der Waals surface area (Å²) in [5.74, 6) is -1.02. The van der Waals surface area contributed by atoms with Crippen molar-refractivity contribution in [2.75, 3.05) is 13.2 Å². The Balaban J connectivity index is 1.66. The normalized spacial score (nSPS) is 17.2. The quantitative estimate of drug-likeness (QED) is 0.498. The van der Waals surface area contributed by atoms with E-state index in [2.05, 4.69) is 11.9 Å². The Bertz CT molecular complexity index is 915. The molecule has 1 heterocycles. The topological polar surface area (TPSA) is 89.9 Å². The zero-order chi connectivity index (χ0) is 22.9. The van der Waals surface area contributed by atoms with Crippen LogP contribution in [0.25, 0.3) is 0 Å². The molecule has 0 spiro atoms. The number of amides is 2. The molecule has 0 saturated heterocycles. The molecule has 170 valence electrons. The Hall–Kier alpha value is -2.96. The van der Waals surface area contributed by atoms with E-state index >= 15 is 0 Å². The molecule has 0 aliphatic carbocycles. The first kappa shape index (κ1) is 23.7. The van der Waals surface area contributed by atoms with E-state index in [9.17, 15) is 19.8 Å². The van der Waals surface area contributed by atoms with Gasteiger partial charge in [0.2, 0.25) is 11.8 Å². The number of carbonyl (C=O) groups excluding carboxylic acids is 2. The van der Waals surface area contributed by atoms with Crippen LogP contribution in [0.1, 0.15) is 29.5 Å². The maximum atomic E-state index is 13.2. The van der Waals surface area contributed by atoms with Crippen molar-refractivity contribution >= 4 is 11.8 Å². The van der Waals surface area contributed by atoms with E-state index in [4.69, 9.17) is 0 Å². The third-order valence-corrected chi connectivity index (χ3v) is 6.02. The minimum atomic E-state index is -0.582. The Morgan fingerprint density at radius 1 is 1.09 bits per heavy atom. The van der Waals surface area contributed by atoms with Crippen molar-refractivity contribution in [2.45, 2.75) is 44.3 Å². The van der Waals surface area contributed by atoms with E-state index in [1.165, 1.54) is 0 Å². The molecular weight excluding hydrogens is 404 g/mol. The number of rotatable bonds is 10. The molecule has 0 aromatic heterocycles. The number of allylic oxidation sites excluding steroid dienone is 1. The lowest BCUT2D eigenvalue weighted by molar-refractivity contribution is -0.140. The largest absolute Gasteiger partial charge is 0.394 e. The van der Waals surface area contributed by atoms with Crippen LogP contribution in [0.5, 0.6) is 0 Å². The monoisotopic (exact) mass is 436 g/mol. The van der Waals surface area contributed by atoms with E-state index < -0.39 is 12.0 Å². The highest BCUT2D eigenvalue weighted by Crippen LogP contribution is 2.25. The molecule has 3 N–H and O–H groups in total. The van der Waals surface area contributed by atoms with Crippen molar-refractivity contribution in [3.8, 4) is 0 Å². The first-order valence-electron chi connectivity index (χ1n) is 11.1. The lowest BCUT2D eigenvalue weighted by atomic mass is 9.92. The van der Waals surface area contributed by atoms with Crippen LogP contribution < -0.4 is 5.32 Å². The number of aliphatic hydroxyl groups excluding tert-OH is 2. The Labute approximate surface area is 189 Å². The van der Waals surface area contributed by atoms with Crippen LogP contribution in [0.4, 0.5) is 0 Å². The van der Waals surface area contributed by atoms with Gasteiger partial charge in [-0.15, -0.1) is 6.58 Å². The average Bonchev–Trinajstić information content (AvgIpc) is 2.82. The van der Waals surface area contributed by atoms with Gasteiger partial charge in [0, 0.05) is 13.0 Å². The van der Waals surface area contributed by atoms with Crippen molar-refractivity contribution in [3.63, 3.8) is 0 Å². The summed E-state index contributed by atoms with van der Waals surface area (Å²) < 4.78 is 0. The van der Waals surface area contributed by atoms with Crippen LogP contribution in [-0.4, -0.2) is 52.2 Å². The molecule has 1 aliphatic rings.